The molecule has 0 atom stereocenters. The molecule has 2 aromatic rings. The van der Waals surface area contributed by atoms with Crippen LogP contribution < -0.4 is 10.5 Å². The minimum Gasteiger partial charge on any atom is -0.398 e. The summed E-state index contributed by atoms with van der Waals surface area (Å²) in [7, 11) is -1.78. The number of anilines is 1. The van der Waals surface area contributed by atoms with E-state index in [-0.39, 0.29) is 17.1 Å². The molecule has 1 heterocycles. The first kappa shape index (κ1) is 15.5. The molecule has 0 radical (unpaired) electrons. The maximum atomic E-state index is 12.3. The fourth-order valence-electron chi connectivity index (χ4n) is 2.03. The standard InChI is InChI=1S/C14H20N4O2S/c1-10-8-13(15)14(9-11(10)2)21(19,20)16-6-4-12-5-7-18(3)17-12/h5,7-9,16H,4,6,15H2,1-3H3. The number of nitrogens with zero attached hydrogens (tertiary/aromatic N) is 2. The van der Waals surface area contributed by atoms with Gasteiger partial charge in [-0.2, -0.15) is 5.10 Å². The average Bonchev–Trinajstić information content (AvgIpc) is 2.79. The van der Waals surface area contributed by atoms with Crippen molar-refractivity contribution in [1.29, 1.82) is 0 Å². The third-order valence-electron chi connectivity index (χ3n) is 3.36. The van der Waals surface area contributed by atoms with Gasteiger partial charge in [-0.1, -0.05) is 0 Å². The number of nitrogen functional groups attached to an aromatic ring is 1. The third-order valence-corrected chi connectivity index (χ3v) is 4.87. The summed E-state index contributed by atoms with van der Waals surface area (Å²) in [5, 5.41) is 4.20. The van der Waals surface area contributed by atoms with Crippen LogP contribution in [-0.2, 0) is 23.5 Å². The maximum absolute atomic E-state index is 12.3. The lowest BCUT2D eigenvalue weighted by Gasteiger charge is -2.11. The van der Waals surface area contributed by atoms with Crippen molar-refractivity contribution < 1.29 is 8.42 Å². The second-order valence-electron chi connectivity index (χ2n) is 5.10. The summed E-state index contributed by atoms with van der Waals surface area (Å²) in [6.07, 6.45) is 2.36. The van der Waals surface area contributed by atoms with Crippen LogP contribution in [0.2, 0.25) is 0 Å². The van der Waals surface area contributed by atoms with Crippen LogP contribution >= 0.6 is 0 Å². The van der Waals surface area contributed by atoms with Crippen LogP contribution in [0.4, 0.5) is 5.69 Å². The second kappa shape index (κ2) is 5.87. The van der Waals surface area contributed by atoms with Gasteiger partial charge >= 0.3 is 0 Å². The summed E-state index contributed by atoms with van der Waals surface area (Å²) in [4.78, 5) is 0.131. The number of nitrogens with one attached hydrogen (secondary N) is 1. The number of aromatic nitrogens is 2. The Hall–Kier alpha value is -1.86. The minimum atomic E-state index is -3.60. The molecule has 114 valence electrons. The van der Waals surface area contributed by atoms with Gasteiger partial charge < -0.3 is 5.73 Å². The molecule has 0 unspecified atom stereocenters. The molecule has 7 heteroatoms. The molecule has 0 amide bonds. The molecule has 0 spiro atoms. The highest BCUT2D eigenvalue weighted by molar-refractivity contribution is 7.89. The SMILES string of the molecule is Cc1cc(N)c(S(=O)(=O)NCCc2ccn(C)n2)cc1C. The number of aryl methyl sites for hydroxylation is 3. The Kier molecular flexibility index (Phi) is 4.34. The van der Waals surface area contributed by atoms with Crippen molar-refractivity contribution in [3.05, 3.63) is 41.2 Å². The largest absolute Gasteiger partial charge is 0.398 e. The van der Waals surface area contributed by atoms with E-state index in [1.54, 1.807) is 16.8 Å². The second-order valence-corrected chi connectivity index (χ2v) is 6.84. The molecule has 1 aromatic carbocycles. The van der Waals surface area contributed by atoms with Crippen LogP contribution in [-0.4, -0.2) is 24.7 Å². The minimum absolute atomic E-state index is 0.131. The smallest absolute Gasteiger partial charge is 0.242 e. The lowest BCUT2D eigenvalue weighted by molar-refractivity contribution is 0.581. The summed E-state index contributed by atoms with van der Waals surface area (Å²) in [5.74, 6) is 0. The van der Waals surface area contributed by atoms with Crippen molar-refractivity contribution in [2.45, 2.75) is 25.2 Å². The Labute approximate surface area is 125 Å². The normalized spacial score (nSPS) is 11.8. The third kappa shape index (κ3) is 3.62. The number of sulfonamides is 1. The molecule has 1 aromatic heterocycles. The van der Waals surface area contributed by atoms with Crippen molar-refractivity contribution in [3.63, 3.8) is 0 Å². The van der Waals surface area contributed by atoms with Gasteiger partial charge in [0.1, 0.15) is 4.90 Å². The highest BCUT2D eigenvalue weighted by Crippen LogP contribution is 2.22. The molecule has 2 rings (SSSR count). The lowest BCUT2D eigenvalue weighted by atomic mass is 10.1. The summed E-state index contributed by atoms with van der Waals surface area (Å²) in [5.41, 5.74) is 8.81. The fraction of sp³-hybridized carbons (Fsp3) is 0.357. The molecule has 0 bridgehead atoms. The zero-order chi connectivity index (χ0) is 15.6. The average molecular weight is 308 g/mol. The first-order valence-corrected chi connectivity index (χ1v) is 8.13. The molecule has 0 aliphatic carbocycles. The zero-order valence-corrected chi connectivity index (χ0v) is 13.2. The van der Waals surface area contributed by atoms with Crippen molar-refractivity contribution in [2.24, 2.45) is 7.05 Å². The van der Waals surface area contributed by atoms with Gasteiger partial charge in [-0.3, -0.25) is 4.68 Å². The zero-order valence-electron chi connectivity index (χ0n) is 12.4. The molecular formula is C14H20N4O2S. The quantitative estimate of drug-likeness (QED) is 0.811. The molecule has 6 nitrogen and oxygen atoms in total. The summed E-state index contributed by atoms with van der Waals surface area (Å²) in [6.45, 7) is 4.05. The molecule has 0 fully saturated rings. The number of hydrogen-bond donors (Lipinski definition) is 2. The maximum Gasteiger partial charge on any atom is 0.242 e. The monoisotopic (exact) mass is 308 g/mol. The van der Waals surface area contributed by atoms with E-state index in [0.717, 1.165) is 16.8 Å². The van der Waals surface area contributed by atoms with Crippen LogP contribution in [0, 0.1) is 13.8 Å². The Bertz CT molecular complexity index is 750. The fourth-order valence-corrected chi connectivity index (χ4v) is 3.26. The number of rotatable bonds is 5. The van der Waals surface area contributed by atoms with Crippen molar-refractivity contribution in [2.75, 3.05) is 12.3 Å². The van der Waals surface area contributed by atoms with E-state index in [0.29, 0.717) is 6.42 Å². The molecule has 0 aliphatic heterocycles. The van der Waals surface area contributed by atoms with Crippen molar-refractivity contribution in [3.8, 4) is 0 Å². The van der Waals surface area contributed by atoms with Crippen LogP contribution in [0.1, 0.15) is 16.8 Å². The highest BCUT2D eigenvalue weighted by Gasteiger charge is 2.18. The van der Waals surface area contributed by atoms with E-state index in [2.05, 4.69) is 9.82 Å². The number of benzene rings is 1. The summed E-state index contributed by atoms with van der Waals surface area (Å²) in [6, 6.07) is 5.15. The van der Waals surface area contributed by atoms with Gasteiger partial charge in [0.25, 0.3) is 0 Å². The molecular weight excluding hydrogens is 288 g/mol. The molecule has 0 aliphatic rings. The Morgan fingerprint density at radius 1 is 1.29 bits per heavy atom. The molecule has 3 N–H and O–H groups in total. The topological polar surface area (TPSA) is 90.0 Å². The van der Waals surface area contributed by atoms with E-state index < -0.39 is 10.0 Å². The number of hydrogen-bond acceptors (Lipinski definition) is 4. The molecule has 21 heavy (non-hydrogen) atoms. The summed E-state index contributed by atoms with van der Waals surface area (Å²) < 4.78 is 28.8. The highest BCUT2D eigenvalue weighted by atomic mass is 32.2. The van der Waals surface area contributed by atoms with Crippen LogP contribution in [0.25, 0.3) is 0 Å². The Balaban J connectivity index is 2.10. The lowest BCUT2D eigenvalue weighted by Crippen LogP contribution is -2.27. The Morgan fingerprint density at radius 3 is 2.57 bits per heavy atom. The van der Waals surface area contributed by atoms with Gasteiger partial charge in [-0.15, -0.1) is 0 Å². The van der Waals surface area contributed by atoms with E-state index in [9.17, 15) is 8.42 Å². The van der Waals surface area contributed by atoms with Crippen molar-refractivity contribution >= 4 is 15.7 Å². The van der Waals surface area contributed by atoms with Crippen LogP contribution in [0.5, 0.6) is 0 Å². The summed E-state index contributed by atoms with van der Waals surface area (Å²) >= 11 is 0. The van der Waals surface area contributed by atoms with Gasteiger partial charge in [-0.25, -0.2) is 13.1 Å². The van der Waals surface area contributed by atoms with E-state index in [4.69, 9.17) is 5.73 Å². The van der Waals surface area contributed by atoms with E-state index >= 15 is 0 Å². The van der Waals surface area contributed by atoms with Gasteiger partial charge in [0, 0.05) is 26.2 Å². The predicted molar refractivity (Wildman–Crippen MR) is 82.4 cm³/mol. The van der Waals surface area contributed by atoms with Gasteiger partial charge in [0.05, 0.1) is 11.4 Å². The van der Waals surface area contributed by atoms with Gasteiger partial charge in [-0.05, 0) is 43.2 Å². The number of nitrogens with two attached hydrogens (primary N) is 1. The van der Waals surface area contributed by atoms with E-state index in [1.165, 1.54) is 0 Å². The predicted octanol–water partition coefficient (Wildman–Crippen LogP) is 1.14. The van der Waals surface area contributed by atoms with Gasteiger partial charge in [0.2, 0.25) is 10.0 Å². The molecule has 0 saturated carbocycles. The van der Waals surface area contributed by atoms with Gasteiger partial charge in [0.15, 0.2) is 0 Å². The Morgan fingerprint density at radius 2 is 1.95 bits per heavy atom. The van der Waals surface area contributed by atoms with Crippen molar-refractivity contribution in [1.82, 2.24) is 14.5 Å². The van der Waals surface area contributed by atoms with Crippen LogP contribution in [0.3, 0.4) is 0 Å². The van der Waals surface area contributed by atoms with E-state index in [1.807, 2.05) is 33.2 Å². The molecule has 0 saturated heterocycles. The van der Waals surface area contributed by atoms with Crippen LogP contribution in [0.15, 0.2) is 29.3 Å². The first-order valence-electron chi connectivity index (χ1n) is 6.64. The first-order chi connectivity index (χ1) is 9.79.